The Morgan fingerprint density at radius 3 is 2.57 bits per heavy atom. The second-order valence-electron chi connectivity index (χ2n) is 7.89. The lowest BCUT2D eigenvalue weighted by Crippen LogP contribution is -2.48. The van der Waals surface area contributed by atoms with E-state index in [1.54, 1.807) is 0 Å². The van der Waals surface area contributed by atoms with Gasteiger partial charge in [0.15, 0.2) is 0 Å². The highest BCUT2D eigenvalue weighted by Crippen LogP contribution is 2.42. The Morgan fingerprint density at radius 1 is 1.29 bits per heavy atom. The molecule has 0 aromatic carbocycles. The van der Waals surface area contributed by atoms with E-state index in [9.17, 15) is 0 Å². The zero-order valence-electron chi connectivity index (χ0n) is 14.8. The standard InChI is InChI=1S/C18H36N2O/c1-6-19-17-16(9-10-18(17,3)4)13-20(11-12-21-5)14(2)15-7-8-15/h14-17,19H,6-13H2,1-5H3. The molecule has 2 aliphatic rings. The molecule has 3 unspecified atom stereocenters. The first-order valence-corrected chi connectivity index (χ1v) is 8.96. The molecule has 0 aromatic heterocycles. The van der Waals surface area contributed by atoms with E-state index in [1.165, 1.54) is 32.2 Å². The zero-order valence-corrected chi connectivity index (χ0v) is 14.8. The molecule has 3 heteroatoms. The van der Waals surface area contributed by atoms with Gasteiger partial charge in [0.05, 0.1) is 6.61 Å². The number of methoxy groups -OCH3 is 1. The predicted octanol–water partition coefficient (Wildman–Crippen LogP) is 3.15. The summed E-state index contributed by atoms with van der Waals surface area (Å²) >= 11 is 0. The second kappa shape index (κ2) is 7.43. The highest BCUT2D eigenvalue weighted by atomic mass is 16.5. The van der Waals surface area contributed by atoms with Gasteiger partial charge in [0.1, 0.15) is 0 Å². The summed E-state index contributed by atoms with van der Waals surface area (Å²) in [4.78, 5) is 2.71. The van der Waals surface area contributed by atoms with E-state index in [0.717, 1.165) is 37.6 Å². The Hall–Kier alpha value is -0.120. The monoisotopic (exact) mass is 296 g/mol. The van der Waals surface area contributed by atoms with Crippen molar-refractivity contribution in [3.8, 4) is 0 Å². The third-order valence-electron chi connectivity index (χ3n) is 5.83. The summed E-state index contributed by atoms with van der Waals surface area (Å²) < 4.78 is 5.35. The summed E-state index contributed by atoms with van der Waals surface area (Å²) in [5.41, 5.74) is 0.441. The summed E-state index contributed by atoms with van der Waals surface area (Å²) in [6.07, 6.45) is 5.58. The van der Waals surface area contributed by atoms with E-state index in [4.69, 9.17) is 4.74 Å². The Labute approximate surface area is 131 Å². The van der Waals surface area contributed by atoms with Gasteiger partial charge in [-0.15, -0.1) is 0 Å². The van der Waals surface area contributed by atoms with Gasteiger partial charge in [-0.2, -0.15) is 0 Å². The molecule has 124 valence electrons. The molecule has 0 spiro atoms. The summed E-state index contributed by atoms with van der Waals surface area (Å²) in [6.45, 7) is 13.8. The molecule has 0 heterocycles. The number of ether oxygens (including phenoxy) is 1. The first-order chi connectivity index (χ1) is 9.99. The van der Waals surface area contributed by atoms with Crippen LogP contribution in [0.5, 0.6) is 0 Å². The molecule has 0 aromatic rings. The first-order valence-electron chi connectivity index (χ1n) is 8.96. The summed E-state index contributed by atoms with van der Waals surface area (Å²) in [7, 11) is 1.82. The minimum atomic E-state index is 0.441. The van der Waals surface area contributed by atoms with Crippen molar-refractivity contribution in [3.05, 3.63) is 0 Å². The number of hydrogen-bond donors (Lipinski definition) is 1. The molecule has 2 aliphatic carbocycles. The first kappa shape index (κ1) is 17.2. The van der Waals surface area contributed by atoms with Crippen LogP contribution in [0.15, 0.2) is 0 Å². The quantitative estimate of drug-likeness (QED) is 0.707. The third-order valence-corrected chi connectivity index (χ3v) is 5.83. The lowest BCUT2D eigenvalue weighted by Gasteiger charge is -2.36. The molecule has 3 nitrogen and oxygen atoms in total. The van der Waals surface area contributed by atoms with Crippen molar-refractivity contribution in [2.24, 2.45) is 17.3 Å². The molecule has 3 atom stereocenters. The molecule has 21 heavy (non-hydrogen) atoms. The smallest absolute Gasteiger partial charge is 0.0589 e. The van der Waals surface area contributed by atoms with E-state index in [1.807, 2.05) is 7.11 Å². The number of nitrogens with one attached hydrogen (secondary N) is 1. The lowest BCUT2D eigenvalue weighted by molar-refractivity contribution is 0.0943. The molecule has 0 radical (unpaired) electrons. The molecule has 2 saturated carbocycles. The normalized spacial score (nSPS) is 30.0. The maximum absolute atomic E-state index is 5.35. The Balaban J connectivity index is 1.97. The van der Waals surface area contributed by atoms with Crippen LogP contribution in [0.25, 0.3) is 0 Å². The van der Waals surface area contributed by atoms with Crippen molar-refractivity contribution >= 4 is 0 Å². The maximum Gasteiger partial charge on any atom is 0.0589 e. The van der Waals surface area contributed by atoms with Crippen LogP contribution in [0.1, 0.15) is 53.4 Å². The topological polar surface area (TPSA) is 24.5 Å². The van der Waals surface area contributed by atoms with Crippen LogP contribution in [0.3, 0.4) is 0 Å². The van der Waals surface area contributed by atoms with Crippen LogP contribution >= 0.6 is 0 Å². The molecule has 2 fully saturated rings. The fourth-order valence-corrected chi connectivity index (χ4v) is 4.22. The van der Waals surface area contributed by atoms with Gasteiger partial charge in [0.2, 0.25) is 0 Å². The van der Waals surface area contributed by atoms with Crippen molar-refractivity contribution < 1.29 is 4.74 Å². The minimum absolute atomic E-state index is 0.441. The van der Waals surface area contributed by atoms with Crippen molar-refractivity contribution in [2.75, 3.05) is 33.4 Å². The van der Waals surface area contributed by atoms with E-state index >= 15 is 0 Å². The minimum Gasteiger partial charge on any atom is -0.383 e. The highest BCUT2D eigenvalue weighted by Gasteiger charge is 2.43. The lowest BCUT2D eigenvalue weighted by atomic mass is 9.84. The Bertz CT molecular complexity index is 314. The Morgan fingerprint density at radius 2 is 2.00 bits per heavy atom. The SMILES string of the molecule is CCNC1C(CN(CCOC)C(C)C2CC2)CCC1(C)C. The van der Waals surface area contributed by atoms with Crippen LogP contribution in [0.2, 0.25) is 0 Å². The van der Waals surface area contributed by atoms with Crippen LogP contribution in [-0.2, 0) is 4.74 Å². The van der Waals surface area contributed by atoms with Crippen molar-refractivity contribution in [1.82, 2.24) is 10.2 Å². The molecule has 2 rings (SSSR count). The van der Waals surface area contributed by atoms with E-state index < -0.39 is 0 Å². The van der Waals surface area contributed by atoms with Gasteiger partial charge >= 0.3 is 0 Å². The Kier molecular flexibility index (Phi) is 6.10. The van der Waals surface area contributed by atoms with E-state index in [2.05, 4.69) is 37.9 Å². The van der Waals surface area contributed by atoms with Gasteiger partial charge in [-0.1, -0.05) is 20.8 Å². The molecule has 1 N–H and O–H groups in total. The van der Waals surface area contributed by atoms with Gasteiger partial charge in [-0.3, -0.25) is 4.90 Å². The molecular formula is C18H36N2O. The number of nitrogens with zero attached hydrogens (tertiary/aromatic N) is 1. The van der Waals surface area contributed by atoms with Crippen molar-refractivity contribution in [3.63, 3.8) is 0 Å². The average molecular weight is 296 g/mol. The molecular weight excluding hydrogens is 260 g/mol. The maximum atomic E-state index is 5.35. The van der Waals surface area contributed by atoms with Crippen LogP contribution in [0.4, 0.5) is 0 Å². The number of hydrogen-bond acceptors (Lipinski definition) is 3. The van der Waals surface area contributed by atoms with Gasteiger partial charge in [-0.05, 0) is 56.4 Å². The van der Waals surface area contributed by atoms with Crippen LogP contribution in [0, 0.1) is 17.3 Å². The van der Waals surface area contributed by atoms with Crippen LogP contribution in [-0.4, -0.2) is 50.3 Å². The van der Waals surface area contributed by atoms with Crippen molar-refractivity contribution in [1.29, 1.82) is 0 Å². The largest absolute Gasteiger partial charge is 0.383 e. The van der Waals surface area contributed by atoms with Crippen LogP contribution < -0.4 is 5.32 Å². The predicted molar refractivity (Wildman–Crippen MR) is 89.6 cm³/mol. The van der Waals surface area contributed by atoms with Gasteiger partial charge in [0, 0.05) is 32.3 Å². The summed E-state index contributed by atoms with van der Waals surface area (Å²) in [5.74, 6) is 1.73. The molecule has 0 bridgehead atoms. The zero-order chi connectivity index (χ0) is 15.5. The second-order valence-corrected chi connectivity index (χ2v) is 7.89. The highest BCUT2D eigenvalue weighted by molar-refractivity contribution is 4.98. The fourth-order valence-electron chi connectivity index (χ4n) is 4.22. The van der Waals surface area contributed by atoms with Gasteiger partial charge in [0.25, 0.3) is 0 Å². The summed E-state index contributed by atoms with van der Waals surface area (Å²) in [5, 5.41) is 3.77. The van der Waals surface area contributed by atoms with Crippen molar-refractivity contribution in [2.45, 2.75) is 65.5 Å². The van der Waals surface area contributed by atoms with Gasteiger partial charge < -0.3 is 10.1 Å². The number of rotatable bonds is 9. The van der Waals surface area contributed by atoms with Gasteiger partial charge in [-0.25, -0.2) is 0 Å². The molecule has 0 amide bonds. The van der Waals surface area contributed by atoms with E-state index in [0.29, 0.717) is 11.5 Å². The molecule has 0 saturated heterocycles. The fraction of sp³-hybridized carbons (Fsp3) is 1.00. The average Bonchev–Trinajstić information content (AvgIpc) is 3.24. The summed E-state index contributed by atoms with van der Waals surface area (Å²) in [6, 6.07) is 1.39. The third kappa shape index (κ3) is 4.43. The molecule has 0 aliphatic heterocycles. The van der Waals surface area contributed by atoms with E-state index in [-0.39, 0.29) is 0 Å².